The first-order chi connectivity index (χ1) is 24.3. The van der Waals surface area contributed by atoms with E-state index in [-0.39, 0.29) is 0 Å². The highest BCUT2D eigenvalue weighted by molar-refractivity contribution is 6.19. The molecule has 3 aromatic heterocycles. The highest BCUT2D eigenvalue weighted by atomic mass is 16.3. The van der Waals surface area contributed by atoms with Crippen LogP contribution in [0.3, 0.4) is 0 Å². The van der Waals surface area contributed by atoms with Gasteiger partial charge < -0.3 is 4.42 Å². The van der Waals surface area contributed by atoms with Crippen molar-refractivity contribution in [1.29, 1.82) is 0 Å². The molecule has 10 rings (SSSR count). The molecule has 0 spiro atoms. The van der Waals surface area contributed by atoms with Crippen molar-refractivity contribution in [3.8, 4) is 45.4 Å². The second kappa shape index (κ2) is 10.9. The van der Waals surface area contributed by atoms with Crippen LogP contribution < -0.4 is 0 Å². The minimum Gasteiger partial charge on any atom is -0.454 e. The van der Waals surface area contributed by atoms with Crippen molar-refractivity contribution >= 4 is 54.3 Å². The van der Waals surface area contributed by atoms with E-state index in [2.05, 4.69) is 115 Å². The Kier molecular flexibility index (Phi) is 6.11. The summed E-state index contributed by atoms with van der Waals surface area (Å²) in [7, 11) is 0. The van der Waals surface area contributed by atoms with Gasteiger partial charge in [-0.3, -0.25) is 4.98 Å². The lowest BCUT2D eigenvalue weighted by atomic mass is 9.96. The highest BCUT2D eigenvalue weighted by Gasteiger charge is 2.17. The van der Waals surface area contributed by atoms with Crippen molar-refractivity contribution in [2.45, 2.75) is 0 Å². The number of hydrogen-bond acceptors (Lipinski definition) is 5. The van der Waals surface area contributed by atoms with Gasteiger partial charge in [-0.2, -0.15) is 0 Å². The third-order valence-corrected chi connectivity index (χ3v) is 9.36. The van der Waals surface area contributed by atoms with E-state index >= 15 is 0 Å². The van der Waals surface area contributed by atoms with E-state index in [4.69, 9.17) is 24.4 Å². The molecule has 228 valence electrons. The molecule has 0 bridgehead atoms. The van der Waals surface area contributed by atoms with Crippen molar-refractivity contribution in [3.05, 3.63) is 158 Å². The Labute approximate surface area is 281 Å². The molecule has 5 heteroatoms. The van der Waals surface area contributed by atoms with Crippen molar-refractivity contribution in [2.24, 2.45) is 0 Å². The van der Waals surface area contributed by atoms with Crippen LogP contribution in [0.15, 0.2) is 162 Å². The maximum atomic E-state index is 6.25. The number of hydrogen-bond donors (Lipinski definition) is 0. The first-order valence-electron chi connectivity index (χ1n) is 16.3. The highest BCUT2D eigenvalue weighted by Crippen LogP contribution is 2.39. The molecule has 7 aromatic carbocycles. The molecule has 0 aliphatic rings. The van der Waals surface area contributed by atoms with Crippen LogP contribution in [0, 0.1) is 0 Å². The monoisotopic (exact) mass is 626 g/mol. The summed E-state index contributed by atoms with van der Waals surface area (Å²) in [5, 5.41) is 8.93. The SMILES string of the molecule is c1ccc(-c2nc(-c3ccc4ccccc4c3)nc(-c3cccc4c(-c5cc6c(cn5)oc5ccc7ccccc7c56)cccc34)n2)cc1. The zero-order chi connectivity index (χ0) is 32.3. The van der Waals surface area contributed by atoms with Gasteiger partial charge in [-0.25, -0.2) is 15.0 Å². The molecule has 49 heavy (non-hydrogen) atoms. The Balaban J connectivity index is 1.17. The number of rotatable bonds is 4. The molecule has 0 saturated heterocycles. The molecule has 0 N–H and O–H groups in total. The number of aromatic nitrogens is 4. The molecule has 0 atom stereocenters. The predicted molar refractivity (Wildman–Crippen MR) is 199 cm³/mol. The average molecular weight is 627 g/mol. The van der Waals surface area contributed by atoms with Gasteiger partial charge in [0, 0.05) is 33.0 Å². The van der Waals surface area contributed by atoms with Crippen LogP contribution in [0.25, 0.3) is 99.7 Å². The van der Waals surface area contributed by atoms with E-state index in [9.17, 15) is 0 Å². The molecule has 0 unspecified atom stereocenters. The van der Waals surface area contributed by atoms with Crippen LogP contribution >= 0.6 is 0 Å². The Hall–Kier alpha value is -6.72. The number of pyridine rings is 1. The lowest BCUT2D eigenvalue weighted by Crippen LogP contribution is -2.00. The lowest BCUT2D eigenvalue weighted by molar-refractivity contribution is 0.667. The van der Waals surface area contributed by atoms with Crippen molar-refractivity contribution in [3.63, 3.8) is 0 Å². The molecule has 0 aliphatic heterocycles. The average Bonchev–Trinajstić information content (AvgIpc) is 3.56. The normalized spacial score (nSPS) is 11.7. The molecular weight excluding hydrogens is 601 g/mol. The van der Waals surface area contributed by atoms with Gasteiger partial charge in [0.1, 0.15) is 5.58 Å². The second-order valence-electron chi connectivity index (χ2n) is 12.3. The largest absolute Gasteiger partial charge is 0.454 e. The van der Waals surface area contributed by atoms with Gasteiger partial charge in [0.15, 0.2) is 23.1 Å². The summed E-state index contributed by atoms with van der Waals surface area (Å²) in [5.41, 5.74) is 6.35. The Morgan fingerprint density at radius 1 is 0.388 bits per heavy atom. The smallest absolute Gasteiger partial charge is 0.164 e. The summed E-state index contributed by atoms with van der Waals surface area (Å²) >= 11 is 0. The predicted octanol–water partition coefficient (Wildman–Crippen LogP) is 11.3. The fraction of sp³-hybridized carbons (Fsp3) is 0. The zero-order valence-electron chi connectivity index (χ0n) is 26.2. The quantitative estimate of drug-likeness (QED) is 0.194. The van der Waals surface area contributed by atoms with E-state index in [1.165, 1.54) is 16.2 Å². The Bertz CT molecular complexity index is 2890. The standard InChI is InChI=1S/C44H26N4O/c1-2-12-29(13-3-1)42-46-43(31-21-20-27-10-4-5-14-30(27)24-31)48-44(47-42)36-19-9-16-33-34(36)17-8-18-35(33)38-25-37-40(26-45-38)49-39-23-22-28-11-6-7-15-32(28)41(37)39/h1-26H. The summed E-state index contributed by atoms with van der Waals surface area (Å²) in [4.78, 5) is 20.0. The fourth-order valence-corrected chi connectivity index (χ4v) is 7.00. The summed E-state index contributed by atoms with van der Waals surface area (Å²) in [5.74, 6) is 1.89. The maximum Gasteiger partial charge on any atom is 0.164 e. The summed E-state index contributed by atoms with van der Waals surface area (Å²) in [6.45, 7) is 0. The zero-order valence-corrected chi connectivity index (χ0v) is 26.2. The number of nitrogens with zero attached hydrogens (tertiary/aromatic N) is 4. The van der Waals surface area contributed by atoms with Crippen molar-refractivity contribution in [2.75, 3.05) is 0 Å². The fourth-order valence-electron chi connectivity index (χ4n) is 7.00. The van der Waals surface area contributed by atoms with E-state index in [1.54, 1.807) is 0 Å². The molecular formula is C44H26N4O. The van der Waals surface area contributed by atoms with Crippen LogP contribution in [0.5, 0.6) is 0 Å². The third kappa shape index (κ3) is 4.55. The van der Waals surface area contributed by atoms with Gasteiger partial charge in [-0.15, -0.1) is 0 Å². The van der Waals surface area contributed by atoms with Gasteiger partial charge in [0.2, 0.25) is 0 Å². The van der Waals surface area contributed by atoms with Crippen LogP contribution in [0.1, 0.15) is 0 Å². The second-order valence-corrected chi connectivity index (χ2v) is 12.3. The summed E-state index contributed by atoms with van der Waals surface area (Å²) < 4.78 is 6.25. The van der Waals surface area contributed by atoms with Crippen LogP contribution in [-0.2, 0) is 0 Å². The first kappa shape index (κ1) is 27.4. The third-order valence-electron chi connectivity index (χ3n) is 9.36. The molecule has 3 heterocycles. The molecule has 5 nitrogen and oxygen atoms in total. The molecule has 0 fully saturated rings. The molecule has 0 radical (unpaired) electrons. The Morgan fingerprint density at radius 2 is 1.04 bits per heavy atom. The van der Waals surface area contributed by atoms with Gasteiger partial charge in [0.05, 0.1) is 11.9 Å². The molecule has 10 aromatic rings. The number of benzene rings is 7. The minimum absolute atomic E-state index is 0.621. The van der Waals surface area contributed by atoms with Crippen molar-refractivity contribution in [1.82, 2.24) is 19.9 Å². The van der Waals surface area contributed by atoms with Crippen LogP contribution in [-0.4, -0.2) is 19.9 Å². The number of furan rings is 1. The minimum atomic E-state index is 0.621. The van der Waals surface area contributed by atoms with Gasteiger partial charge >= 0.3 is 0 Å². The summed E-state index contributed by atoms with van der Waals surface area (Å²) in [6.07, 6.45) is 1.84. The lowest BCUT2D eigenvalue weighted by Gasteiger charge is -2.12. The Morgan fingerprint density at radius 3 is 1.90 bits per heavy atom. The van der Waals surface area contributed by atoms with Gasteiger partial charge in [0.25, 0.3) is 0 Å². The maximum absolute atomic E-state index is 6.25. The number of fused-ring (bicyclic) bond motifs is 7. The van der Waals surface area contributed by atoms with Gasteiger partial charge in [-0.05, 0) is 50.5 Å². The summed E-state index contributed by atoms with van der Waals surface area (Å²) in [6, 6.07) is 52.2. The molecule has 0 aliphatic carbocycles. The molecule has 0 saturated carbocycles. The van der Waals surface area contributed by atoms with E-state index < -0.39 is 0 Å². The van der Waals surface area contributed by atoms with E-state index in [1.807, 2.05) is 42.6 Å². The molecule has 0 amide bonds. The van der Waals surface area contributed by atoms with Crippen LogP contribution in [0.2, 0.25) is 0 Å². The van der Waals surface area contributed by atoms with Crippen molar-refractivity contribution < 1.29 is 4.42 Å². The van der Waals surface area contributed by atoms with Crippen LogP contribution in [0.4, 0.5) is 0 Å². The van der Waals surface area contributed by atoms with E-state index in [0.717, 1.165) is 66.0 Å². The first-order valence-corrected chi connectivity index (χ1v) is 16.3. The topological polar surface area (TPSA) is 64.7 Å². The van der Waals surface area contributed by atoms with E-state index in [0.29, 0.717) is 17.5 Å². The van der Waals surface area contributed by atoms with Gasteiger partial charge in [-0.1, -0.05) is 133 Å².